The number of pyridine rings is 1. The molecule has 4 aromatic rings. The predicted molar refractivity (Wildman–Crippen MR) is 139 cm³/mol. The average molecular weight is 522 g/mol. The van der Waals surface area contributed by atoms with Crippen molar-refractivity contribution < 1.29 is 18.9 Å². The molecule has 11 heteroatoms. The number of hydrogen-bond donors (Lipinski definition) is 1. The van der Waals surface area contributed by atoms with Gasteiger partial charge in [0.25, 0.3) is 11.8 Å². The Balaban J connectivity index is 1.27. The molecule has 1 fully saturated rings. The number of aromatic nitrogens is 2. The first-order valence-electron chi connectivity index (χ1n) is 11.2. The third kappa shape index (κ3) is 4.85. The number of fused-ring (bicyclic) bond motifs is 1. The molecule has 36 heavy (non-hydrogen) atoms. The van der Waals surface area contributed by atoms with Gasteiger partial charge in [-0.3, -0.25) is 14.6 Å². The molecule has 2 aromatic heterocycles. The highest BCUT2D eigenvalue weighted by Gasteiger charge is 2.27. The Labute approximate surface area is 215 Å². The summed E-state index contributed by atoms with van der Waals surface area (Å²) in [4.78, 5) is 38.1. The van der Waals surface area contributed by atoms with Crippen LogP contribution in [0.4, 0.5) is 5.69 Å². The first-order valence-corrected chi connectivity index (χ1v) is 13.3. The van der Waals surface area contributed by atoms with Crippen LogP contribution in [0.25, 0.3) is 10.9 Å². The van der Waals surface area contributed by atoms with E-state index in [1.807, 2.05) is 24.3 Å². The summed E-state index contributed by atoms with van der Waals surface area (Å²) < 4.78 is 21.6. The monoisotopic (exact) mass is 521 g/mol. The van der Waals surface area contributed by atoms with Crippen LogP contribution in [-0.2, 0) is 11.4 Å². The van der Waals surface area contributed by atoms with Crippen LogP contribution < -0.4 is 9.46 Å². The second kappa shape index (κ2) is 10.5. The summed E-state index contributed by atoms with van der Waals surface area (Å²) in [5.74, 6) is 0.134. The number of benzene rings is 2. The van der Waals surface area contributed by atoms with E-state index < -0.39 is 11.4 Å². The third-order valence-electron chi connectivity index (χ3n) is 5.95. The number of carbonyl (C=O) groups excluding carboxylic acids is 2. The highest BCUT2D eigenvalue weighted by Crippen LogP contribution is 2.30. The molecule has 1 aliphatic rings. The molecule has 0 bridgehead atoms. The molecule has 0 saturated carbocycles. The van der Waals surface area contributed by atoms with Gasteiger partial charge in [-0.1, -0.05) is 18.2 Å². The maximum Gasteiger partial charge on any atom is 0.273 e. The van der Waals surface area contributed by atoms with Crippen LogP contribution in [0.3, 0.4) is 0 Å². The Bertz CT molecular complexity index is 1390. The van der Waals surface area contributed by atoms with E-state index in [0.29, 0.717) is 59.3 Å². The van der Waals surface area contributed by atoms with E-state index in [9.17, 15) is 14.1 Å². The summed E-state index contributed by atoms with van der Waals surface area (Å²) in [6.07, 6.45) is 1.67. The van der Waals surface area contributed by atoms with E-state index >= 15 is 0 Å². The van der Waals surface area contributed by atoms with Gasteiger partial charge in [-0.25, -0.2) is 4.98 Å². The quantitative estimate of drug-likeness (QED) is 0.387. The standard InChI is InChI=1S/C25H23N5O4S2/c1-34-21-14-18(24(31)29-10-12-30(13-11-29)25(32)20-15-35-16-27-20)7-8-19(21)28-36(33)22-6-2-4-17-5-3-9-26-23(17)22/h2-9,14-16,28H,10-13H2,1H3. The lowest BCUT2D eigenvalue weighted by Gasteiger charge is -2.34. The minimum absolute atomic E-state index is 0.116. The number of anilines is 1. The molecular weight excluding hydrogens is 498 g/mol. The summed E-state index contributed by atoms with van der Waals surface area (Å²) in [7, 11) is 1.50. The molecule has 1 aliphatic heterocycles. The Morgan fingerprint density at radius 3 is 2.50 bits per heavy atom. The number of piperazine rings is 1. The Morgan fingerprint density at radius 2 is 1.78 bits per heavy atom. The molecule has 2 aromatic carbocycles. The third-order valence-corrected chi connectivity index (χ3v) is 7.67. The minimum atomic E-state index is -1.59. The van der Waals surface area contributed by atoms with Crippen molar-refractivity contribution in [3.63, 3.8) is 0 Å². The van der Waals surface area contributed by atoms with Gasteiger partial charge in [-0.05, 0) is 30.3 Å². The number of para-hydroxylation sites is 1. The molecule has 0 aliphatic carbocycles. The lowest BCUT2D eigenvalue weighted by atomic mass is 10.1. The fourth-order valence-electron chi connectivity index (χ4n) is 4.06. The molecule has 5 rings (SSSR count). The summed E-state index contributed by atoms with van der Waals surface area (Å²) in [6.45, 7) is 1.73. The van der Waals surface area contributed by atoms with Gasteiger partial charge in [0.2, 0.25) is 4.90 Å². The van der Waals surface area contributed by atoms with Gasteiger partial charge in [-0.2, -0.15) is 4.72 Å². The van der Waals surface area contributed by atoms with Gasteiger partial charge in [0.1, 0.15) is 34.0 Å². The van der Waals surface area contributed by atoms with Gasteiger partial charge in [0.05, 0.1) is 12.6 Å². The van der Waals surface area contributed by atoms with E-state index in [2.05, 4.69) is 14.7 Å². The number of amides is 2. The number of carbonyl (C=O) groups is 2. The van der Waals surface area contributed by atoms with Crippen LogP contribution in [-0.4, -0.2) is 69.4 Å². The largest absolute Gasteiger partial charge is 0.588 e. The number of nitrogens with zero attached hydrogens (tertiary/aromatic N) is 4. The summed E-state index contributed by atoms with van der Waals surface area (Å²) in [5, 5.41) is 2.62. The minimum Gasteiger partial charge on any atom is -0.588 e. The Morgan fingerprint density at radius 1 is 1.03 bits per heavy atom. The van der Waals surface area contributed by atoms with Crippen molar-refractivity contribution in [3.8, 4) is 5.75 Å². The second-order valence-electron chi connectivity index (χ2n) is 8.08. The van der Waals surface area contributed by atoms with Gasteiger partial charge in [0, 0.05) is 48.7 Å². The molecule has 9 nitrogen and oxygen atoms in total. The van der Waals surface area contributed by atoms with Crippen molar-refractivity contribution >= 4 is 51.1 Å². The zero-order valence-electron chi connectivity index (χ0n) is 19.4. The zero-order valence-corrected chi connectivity index (χ0v) is 21.1. The maximum absolute atomic E-state index is 13.1. The fourth-order valence-corrected chi connectivity index (χ4v) is 5.62. The van der Waals surface area contributed by atoms with E-state index in [4.69, 9.17) is 4.74 Å². The molecular formula is C25H23N5O4S2. The molecule has 0 spiro atoms. The topological polar surface area (TPSA) is 111 Å². The first kappa shape index (κ1) is 24.0. The van der Waals surface area contributed by atoms with E-state index in [1.54, 1.807) is 51.2 Å². The van der Waals surface area contributed by atoms with Crippen molar-refractivity contribution in [1.29, 1.82) is 0 Å². The molecule has 1 unspecified atom stereocenters. The summed E-state index contributed by atoms with van der Waals surface area (Å²) in [5.41, 5.74) is 3.68. The van der Waals surface area contributed by atoms with Crippen molar-refractivity contribution in [1.82, 2.24) is 19.8 Å². The number of nitrogens with one attached hydrogen (secondary N) is 1. The number of methoxy groups -OCH3 is 1. The van der Waals surface area contributed by atoms with Gasteiger partial charge in [-0.15, -0.1) is 11.3 Å². The molecule has 1 atom stereocenters. The van der Waals surface area contributed by atoms with Crippen molar-refractivity contribution in [2.24, 2.45) is 0 Å². The van der Waals surface area contributed by atoms with Crippen molar-refractivity contribution in [3.05, 3.63) is 76.9 Å². The van der Waals surface area contributed by atoms with Crippen molar-refractivity contribution in [2.45, 2.75) is 4.90 Å². The highest BCUT2D eigenvalue weighted by atomic mass is 32.2. The van der Waals surface area contributed by atoms with E-state index in [1.165, 1.54) is 18.4 Å². The fraction of sp³-hybridized carbons (Fsp3) is 0.200. The van der Waals surface area contributed by atoms with Crippen molar-refractivity contribution in [2.75, 3.05) is 38.0 Å². The molecule has 3 heterocycles. The zero-order chi connectivity index (χ0) is 25.1. The average Bonchev–Trinajstić information content (AvgIpc) is 3.47. The van der Waals surface area contributed by atoms with E-state index in [-0.39, 0.29) is 11.8 Å². The number of thiazole rings is 1. The molecule has 2 amide bonds. The lowest BCUT2D eigenvalue weighted by Crippen LogP contribution is -2.50. The number of rotatable bonds is 6. The number of hydrogen-bond acceptors (Lipinski definition) is 8. The maximum atomic E-state index is 13.1. The van der Waals surface area contributed by atoms with Crippen LogP contribution in [0, 0.1) is 0 Å². The van der Waals surface area contributed by atoms with Crippen LogP contribution in [0.5, 0.6) is 5.75 Å². The molecule has 1 N–H and O–H groups in total. The summed E-state index contributed by atoms with van der Waals surface area (Å²) >= 11 is -0.214. The molecule has 0 radical (unpaired) electrons. The predicted octanol–water partition coefficient (Wildman–Crippen LogP) is 3.43. The first-order chi connectivity index (χ1) is 17.5. The normalized spacial score (nSPS) is 14.5. The molecule has 1 saturated heterocycles. The Kier molecular flexibility index (Phi) is 7.03. The van der Waals surface area contributed by atoms with Crippen LogP contribution in [0.15, 0.2) is 70.5 Å². The SMILES string of the molecule is COc1cc(C(=O)N2CCN(C(=O)c3cscn3)CC2)ccc1N[S+]([O-])c1cccc2cccnc12. The van der Waals surface area contributed by atoms with E-state index in [0.717, 1.165) is 5.39 Å². The van der Waals surface area contributed by atoms with Crippen LogP contribution >= 0.6 is 11.3 Å². The smallest absolute Gasteiger partial charge is 0.273 e. The van der Waals surface area contributed by atoms with Gasteiger partial charge >= 0.3 is 0 Å². The number of ether oxygens (including phenoxy) is 1. The van der Waals surface area contributed by atoms with Gasteiger partial charge in [0.15, 0.2) is 0 Å². The van der Waals surface area contributed by atoms with Crippen LogP contribution in [0.1, 0.15) is 20.8 Å². The van der Waals surface area contributed by atoms with Gasteiger partial charge < -0.3 is 19.1 Å². The highest BCUT2D eigenvalue weighted by molar-refractivity contribution is 7.93. The Hall–Kier alpha value is -3.67. The lowest BCUT2D eigenvalue weighted by molar-refractivity contribution is 0.0532. The molecule has 184 valence electrons. The van der Waals surface area contributed by atoms with Crippen LogP contribution in [0.2, 0.25) is 0 Å². The second-order valence-corrected chi connectivity index (χ2v) is 9.98. The summed E-state index contributed by atoms with van der Waals surface area (Å²) in [6, 6.07) is 14.3.